The first-order valence-electron chi connectivity index (χ1n) is 9.46. The van der Waals surface area contributed by atoms with E-state index >= 15 is 0 Å². The lowest BCUT2D eigenvalue weighted by molar-refractivity contribution is 0.831. The Morgan fingerprint density at radius 1 is 1.29 bits per heavy atom. The summed E-state index contributed by atoms with van der Waals surface area (Å²) in [5.74, 6) is 1.67. The second kappa shape index (κ2) is 6.97. The van der Waals surface area contributed by atoms with Crippen molar-refractivity contribution < 1.29 is 0 Å². The van der Waals surface area contributed by atoms with E-state index in [4.69, 9.17) is 5.26 Å². The van der Waals surface area contributed by atoms with E-state index in [1.54, 1.807) is 6.20 Å². The van der Waals surface area contributed by atoms with Crippen molar-refractivity contribution >= 4 is 23.5 Å². The van der Waals surface area contributed by atoms with Gasteiger partial charge in [0.15, 0.2) is 0 Å². The number of aryl methyl sites for hydroxylation is 2. The molecule has 0 spiro atoms. The van der Waals surface area contributed by atoms with Gasteiger partial charge in [0.05, 0.1) is 11.6 Å². The predicted octanol–water partition coefficient (Wildman–Crippen LogP) is 5.06. The average molecular weight is 369 g/mol. The molecule has 2 aliphatic carbocycles. The number of hydrogen-bond donors (Lipinski definition) is 2. The number of nitrogens with one attached hydrogen (secondary N) is 2. The van der Waals surface area contributed by atoms with E-state index in [9.17, 15) is 0 Å². The van der Waals surface area contributed by atoms with Crippen LogP contribution in [0.25, 0.3) is 6.08 Å². The minimum absolute atomic E-state index is 0.154. The molecule has 0 radical (unpaired) electrons. The van der Waals surface area contributed by atoms with Gasteiger partial charge in [-0.05, 0) is 68.2 Å². The van der Waals surface area contributed by atoms with Crippen LogP contribution in [0.1, 0.15) is 30.0 Å². The van der Waals surface area contributed by atoms with Gasteiger partial charge in [-0.15, -0.1) is 0 Å². The van der Waals surface area contributed by atoms with Crippen LogP contribution in [0.5, 0.6) is 0 Å². The van der Waals surface area contributed by atoms with Crippen LogP contribution >= 0.6 is 0 Å². The highest BCUT2D eigenvalue weighted by atomic mass is 15.2. The van der Waals surface area contributed by atoms with E-state index < -0.39 is 0 Å². The van der Waals surface area contributed by atoms with Gasteiger partial charge < -0.3 is 10.6 Å². The lowest BCUT2D eigenvalue weighted by Crippen LogP contribution is -2.24. The monoisotopic (exact) mass is 369 g/mol. The Morgan fingerprint density at radius 2 is 2.07 bits per heavy atom. The third-order valence-corrected chi connectivity index (χ3v) is 5.30. The molecule has 140 valence electrons. The molecule has 4 rings (SSSR count). The topological polar surface area (TPSA) is 73.6 Å². The third kappa shape index (κ3) is 3.41. The summed E-state index contributed by atoms with van der Waals surface area (Å²) in [4.78, 5) is 9.03. The van der Waals surface area contributed by atoms with Crippen LogP contribution in [0.2, 0.25) is 0 Å². The Kier molecular flexibility index (Phi) is 4.48. The molecule has 5 heteroatoms. The molecule has 5 nitrogen and oxygen atoms in total. The molecule has 28 heavy (non-hydrogen) atoms. The first kappa shape index (κ1) is 18.0. The van der Waals surface area contributed by atoms with Crippen LogP contribution in [-0.4, -0.2) is 15.5 Å². The molecule has 2 unspecified atom stereocenters. The summed E-state index contributed by atoms with van der Waals surface area (Å²) < 4.78 is 0. The summed E-state index contributed by atoms with van der Waals surface area (Å²) in [5, 5.41) is 15.9. The second-order valence-electron chi connectivity index (χ2n) is 7.46. The minimum Gasteiger partial charge on any atom is -0.345 e. The molecule has 2 N–H and O–H groups in total. The molecule has 1 fully saturated rings. The van der Waals surface area contributed by atoms with E-state index in [0.717, 1.165) is 23.5 Å². The van der Waals surface area contributed by atoms with Crippen molar-refractivity contribution in [2.24, 2.45) is 5.92 Å². The van der Waals surface area contributed by atoms with Crippen molar-refractivity contribution in [2.75, 3.05) is 10.6 Å². The number of anilines is 3. The zero-order chi connectivity index (χ0) is 19.7. The highest BCUT2D eigenvalue weighted by Crippen LogP contribution is 2.50. The van der Waals surface area contributed by atoms with Gasteiger partial charge in [-0.1, -0.05) is 24.3 Å². The van der Waals surface area contributed by atoms with E-state index in [1.165, 1.54) is 16.7 Å². The largest absolute Gasteiger partial charge is 0.345 e. The van der Waals surface area contributed by atoms with Crippen LogP contribution < -0.4 is 10.6 Å². The van der Waals surface area contributed by atoms with Gasteiger partial charge in [0.1, 0.15) is 5.82 Å². The fourth-order valence-electron chi connectivity index (χ4n) is 3.78. The summed E-state index contributed by atoms with van der Waals surface area (Å²) in [6, 6.07) is 8.40. The Bertz CT molecular complexity index is 1030. The number of benzene rings is 1. The first-order valence-corrected chi connectivity index (χ1v) is 9.46. The first-order chi connectivity index (χ1) is 13.5. The standard InChI is InChI=1S/C23H23N5/c1-4-5-17-10-15(2)21(16(3)11-17)26-20-7-9-25-22(27-20)28-23-8-6-18(14-24)12-19(23)13-23/h4-12,19H,13H2,1-3H3,(H2,25,26,27,28)/b5-4+. The Balaban J connectivity index is 1.53. The van der Waals surface area contributed by atoms with Crippen molar-refractivity contribution in [1.29, 1.82) is 5.26 Å². The molecule has 0 bridgehead atoms. The summed E-state index contributed by atoms with van der Waals surface area (Å²) in [7, 11) is 0. The van der Waals surface area contributed by atoms with Crippen molar-refractivity contribution in [3.8, 4) is 6.07 Å². The number of fused-ring (bicyclic) bond motifs is 1. The molecule has 1 aromatic carbocycles. The molecule has 2 atom stereocenters. The molecule has 2 aliphatic rings. The van der Waals surface area contributed by atoms with Gasteiger partial charge in [0.2, 0.25) is 5.95 Å². The summed E-state index contributed by atoms with van der Waals surface area (Å²) in [6.45, 7) is 6.22. The van der Waals surface area contributed by atoms with Crippen molar-refractivity contribution in [2.45, 2.75) is 32.7 Å². The molecule has 1 saturated carbocycles. The van der Waals surface area contributed by atoms with Gasteiger partial charge in [-0.2, -0.15) is 10.2 Å². The summed E-state index contributed by atoms with van der Waals surface area (Å²) >= 11 is 0. The van der Waals surface area contributed by atoms with Gasteiger partial charge >= 0.3 is 0 Å². The van der Waals surface area contributed by atoms with E-state index in [-0.39, 0.29) is 5.54 Å². The third-order valence-electron chi connectivity index (χ3n) is 5.30. The maximum Gasteiger partial charge on any atom is 0.225 e. The number of rotatable bonds is 5. The second-order valence-corrected chi connectivity index (χ2v) is 7.46. The van der Waals surface area contributed by atoms with Crippen molar-refractivity contribution in [3.63, 3.8) is 0 Å². The van der Waals surface area contributed by atoms with E-state index in [0.29, 0.717) is 11.9 Å². The normalized spacial score (nSPS) is 22.4. The number of hydrogen-bond acceptors (Lipinski definition) is 5. The maximum absolute atomic E-state index is 9.04. The smallest absolute Gasteiger partial charge is 0.225 e. The predicted molar refractivity (Wildman–Crippen MR) is 113 cm³/mol. The van der Waals surface area contributed by atoms with Gasteiger partial charge in [0, 0.05) is 23.4 Å². The molecular formula is C23H23N5. The number of nitrogens with zero attached hydrogens (tertiary/aromatic N) is 3. The molecule has 0 amide bonds. The number of nitriles is 1. The van der Waals surface area contributed by atoms with Crippen LogP contribution in [0, 0.1) is 31.1 Å². The molecule has 1 heterocycles. The zero-order valence-corrected chi connectivity index (χ0v) is 16.3. The van der Waals surface area contributed by atoms with Crippen LogP contribution in [0.15, 0.2) is 54.3 Å². The molecule has 0 saturated heterocycles. The van der Waals surface area contributed by atoms with Crippen LogP contribution in [-0.2, 0) is 0 Å². The molecule has 1 aromatic heterocycles. The lowest BCUT2D eigenvalue weighted by atomic mass is 10.0. The van der Waals surface area contributed by atoms with E-state index in [1.807, 2.05) is 31.2 Å². The fraction of sp³-hybridized carbons (Fsp3) is 0.261. The van der Waals surface area contributed by atoms with Gasteiger partial charge in [-0.3, -0.25) is 0 Å². The maximum atomic E-state index is 9.04. The highest BCUT2D eigenvalue weighted by molar-refractivity contribution is 5.68. The highest BCUT2D eigenvalue weighted by Gasteiger charge is 2.53. The molecular weight excluding hydrogens is 346 g/mol. The SMILES string of the molecule is C/C=C/c1cc(C)c(Nc2ccnc(NC34C=CC(C#N)=CC3C4)n2)c(C)c1. The quantitative estimate of drug-likeness (QED) is 0.770. The Hall–Kier alpha value is -3.39. The average Bonchev–Trinajstić information content (AvgIpc) is 3.38. The zero-order valence-electron chi connectivity index (χ0n) is 16.3. The summed E-state index contributed by atoms with van der Waals surface area (Å²) in [6.07, 6.45) is 12.8. The number of allylic oxidation sites excluding steroid dienone is 3. The van der Waals surface area contributed by atoms with Crippen LogP contribution in [0.3, 0.4) is 0 Å². The number of aromatic nitrogens is 2. The summed E-state index contributed by atoms with van der Waals surface area (Å²) in [5.41, 5.74) is 5.18. The van der Waals surface area contributed by atoms with Gasteiger partial charge in [-0.25, -0.2) is 4.98 Å². The fourth-order valence-corrected chi connectivity index (χ4v) is 3.78. The molecule has 0 aliphatic heterocycles. The molecule has 2 aromatic rings. The minimum atomic E-state index is -0.154. The van der Waals surface area contributed by atoms with Crippen LogP contribution in [0.4, 0.5) is 17.5 Å². The Labute approximate surface area is 165 Å². The lowest BCUT2D eigenvalue weighted by Gasteiger charge is -2.18. The van der Waals surface area contributed by atoms with E-state index in [2.05, 4.69) is 64.8 Å². The van der Waals surface area contributed by atoms with Gasteiger partial charge in [0.25, 0.3) is 0 Å². The van der Waals surface area contributed by atoms with Crippen molar-refractivity contribution in [3.05, 3.63) is 71.0 Å². The Morgan fingerprint density at radius 3 is 2.75 bits per heavy atom. The van der Waals surface area contributed by atoms with Crippen molar-refractivity contribution in [1.82, 2.24) is 9.97 Å².